The van der Waals surface area contributed by atoms with Gasteiger partial charge < -0.3 is 5.32 Å². The highest BCUT2D eigenvalue weighted by Crippen LogP contribution is 2.29. The Kier molecular flexibility index (Phi) is 5.50. The van der Waals surface area contributed by atoms with E-state index in [-0.39, 0.29) is 23.7 Å². The predicted octanol–water partition coefficient (Wildman–Crippen LogP) is 5.42. The quantitative estimate of drug-likeness (QED) is 0.465. The van der Waals surface area contributed by atoms with Gasteiger partial charge in [0, 0.05) is 28.6 Å². The van der Waals surface area contributed by atoms with Crippen LogP contribution in [0.25, 0.3) is 16.9 Å². The fraction of sp³-hybridized carbons (Fsp3) is 0.208. The average molecular weight is 437 g/mol. The van der Waals surface area contributed by atoms with Gasteiger partial charge in [0.05, 0.1) is 11.4 Å². The van der Waals surface area contributed by atoms with Crippen molar-refractivity contribution >= 4 is 23.2 Å². The van der Waals surface area contributed by atoms with Crippen LogP contribution < -0.4 is 5.32 Å². The maximum atomic E-state index is 13.1. The minimum Gasteiger partial charge on any atom is -0.347 e. The lowest BCUT2D eigenvalue weighted by molar-refractivity contribution is 0.0943. The van der Waals surface area contributed by atoms with Gasteiger partial charge in [-0.3, -0.25) is 4.79 Å². The van der Waals surface area contributed by atoms with E-state index in [0.29, 0.717) is 22.1 Å². The lowest BCUT2D eigenvalue weighted by Crippen LogP contribution is -2.26. The van der Waals surface area contributed by atoms with Crippen molar-refractivity contribution in [3.63, 3.8) is 0 Å². The molecule has 1 N–H and O–H groups in total. The predicted molar refractivity (Wildman–Crippen MR) is 120 cm³/mol. The first-order valence-corrected chi connectivity index (χ1v) is 10.3. The number of nitrogens with one attached hydrogen (secondary N) is 1. The molecule has 158 valence electrons. The maximum Gasteiger partial charge on any atom is 0.270 e. The molecule has 0 aliphatic carbocycles. The Morgan fingerprint density at radius 1 is 1.10 bits per heavy atom. The third-order valence-corrected chi connectivity index (χ3v) is 5.27. The number of amides is 1. The lowest BCUT2D eigenvalue weighted by Gasteiger charge is -2.13. The fourth-order valence-electron chi connectivity index (χ4n) is 3.18. The maximum absolute atomic E-state index is 13.1. The molecule has 4 rings (SSSR count). The monoisotopic (exact) mass is 436 g/mol. The number of halogens is 2. The molecule has 0 aliphatic heterocycles. The van der Waals surface area contributed by atoms with Crippen LogP contribution in [0.2, 0.25) is 5.02 Å². The molecule has 2 heterocycles. The molecule has 2 aromatic heterocycles. The number of carbonyl (C=O) groups is 1. The van der Waals surface area contributed by atoms with Gasteiger partial charge in [0.25, 0.3) is 5.91 Å². The zero-order valence-corrected chi connectivity index (χ0v) is 18.2. The first-order valence-electron chi connectivity index (χ1n) is 9.91. The number of hydrogen-bond donors (Lipinski definition) is 1. The van der Waals surface area contributed by atoms with Crippen LogP contribution in [0.3, 0.4) is 0 Å². The summed E-state index contributed by atoms with van der Waals surface area (Å²) in [5.41, 5.74) is 3.64. The molecule has 2 aromatic carbocycles. The lowest BCUT2D eigenvalue weighted by atomic mass is 9.93. The van der Waals surface area contributed by atoms with E-state index in [0.717, 1.165) is 16.8 Å². The Bertz CT molecular complexity index is 1260. The van der Waals surface area contributed by atoms with Crippen molar-refractivity contribution in [3.05, 3.63) is 88.5 Å². The second kappa shape index (κ2) is 8.12. The molecule has 0 radical (unpaired) electrons. The van der Waals surface area contributed by atoms with E-state index in [1.54, 1.807) is 28.8 Å². The Hall–Kier alpha value is -3.25. The number of hydrogen-bond acceptors (Lipinski definition) is 3. The van der Waals surface area contributed by atoms with Gasteiger partial charge in [0.2, 0.25) is 0 Å². The van der Waals surface area contributed by atoms with E-state index in [2.05, 4.69) is 31.2 Å². The molecular formula is C24H22ClFN4O. The third-order valence-electron chi connectivity index (χ3n) is 4.94. The summed E-state index contributed by atoms with van der Waals surface area (Å²) in [6.07, 6.45) is 0. The molecule has 0 unspecified atom stereocenters. The number of fused-ring (bicyclic) bond motifs is 1. The van der Waals surface area contributed by atoms with Crippen LogP contribution in [-0.2, 0) is 12.0 Å². The molecule has 5 nitrogen and oxygen atoms in total. The SMILES string of the molecule is CC(C)(C)c1cc2nc(-c3ccccc3Cl)cc(C(=O)NCc3ccc(F)cc3)n2n1. The van der Waals surface area contributed by atoms with E-state index in [4.69, 9.17) is 16.6 Å². The number of nitrogens with zero attached hydrogens (tertiary/aromatic N) is 3. The molecule has 1 amide bonds. The van der Waals surface area contributed by atoms with Gasteiger partial charge in [-0.15, -0.1) is 0 Å². The molecule has 0 fully saturated rings. The third kappa shape index (κ3) is 4.44. The minimum absolute atomic E-state index is 0.208. The van der Waals surface area contributed by atoms with Crippen molar-refractivity contribution in [1.82, 2.24) is 19.9 Å². The highest BCUT2D eigenvalue weighted by Gasteiger charge is 2.22. The van der Waals surface area contributed by atoms with Crippen LogP contribution in [0.15, 0.2) is 60.7 Å². The number of benzene rings is 2. The first-order chi connectivity index (χ1) is 14.7. The number of carbonyl (C=O) groups excluding carboxylic acids is 1. The van der Waals surface area contributed by atoms with Crippen molar-refractivity contribution in [3.8, 4) is 11.3 Å². The Labute approximate surface area is 184 Å². The Morgan fingerprint density at radius 2 is 1.81 bits per heavy atom. The topological polar surface area (TPSA) is 59.3 Å². The van der Waals surface area contributed by atoms with Crippen molar-refractivity contribution in [2.75, 3.05) is 0 Å². The van der Waals surface area contributed by atoms with E-state index >= 15 is 0 Å². The molecule has 0 atom stereocenters. The summed E-state index contributed by atoms with van der Waals surface area (Å²) in [4.78, 5) is 17.8. The summed E-state index contributed by atoms with van der Waals surface area (Å²) in [5, 5.41) is 8.07. The smallest absolute Gasteiger partial charge is 0.270 e. The van der Waals surface area contributed by atoms with E-state index < -0.39 is 0 Å². The minimum atomic E-state index is -0.318. The molecule has 31 heavy (non-hydrogen) atoms. The fourth-order valence-corrected chi connectivity index (χ4v) is 3.42. The summed E-state index contributed by atoms with van der Waals surface area (Å²) >= 11 is 6.38. The Balaban J connectivity index is 1.77. The standard InChI is InChI=1S/C24H22ClFN4O/c1-24(2,3)21-13-22-28-19(17-6-4-5-7-18(17)25)12-20(30(22)29-21)23(31)27-14-15-8-10-16(26)11-9-15/h4-13H,14H2,1-3H3,(H,27,31). The highest BCUT2D eigenvalue weighted by molar-refractivity contribution is 6.33. The van der Waals surface area contributed by atoms with Crippen LogP contribution in [-0.4, -0.2) is 20.5 Å². The van der Waals surface area contributed by atoms with Crippen molar-refractivity contribution in [2.24, 2.45) is 0 Å². The van der Waals surface area contributed by atoms with Crippen LogP contribution in [0.5, 0.6) is 0 Å². The van der Waals surface area contributed by atoms with E-state index in [9.17, 15) is 9.18 Å². The number of aromatic nitrogens is 3. The van der Waals surface area contributed by atoms with E-state index in [1.165, 1.54) is 12.1 Å². The van der Waals surface area contributed by atoms with Crippen molar-refractivity contribution in [1.29, 1.82) is 0 Å². The van der Waals surface area contributed by atoms with Crippen molar-refractivity contribution in [2.45, 2.75) is 32.7 Å². The first kappa shape index (κ1) is 21.0. The van der Waals surface area contributed by atoms with Crippen LogP contribution >= 0.6 is 11.6 Å². The van der Waals surface area contributed by atoms with E-state index in [1.807, 2.05) is 24.3 Å². The molecule has 7 heteroatoms. The zero-order valence-electron chi connectivity index (χ0n) is 17.5. The molecule has 4 aromatic rings. The zero-order chi connectivity index (χ0) is 22.2. The summed E-state index contributed by atoms with van der Waals surface area (Å²) in [7, 11) is 0. The van der Waals surface area contributed by atoms with Gasteiger partial charge in [0.15, 0.2) is 5.65 Å². The molecular weight excluding hydrogens is 415 g/mol. The van der Waals surface area contributed by atoms with Crippen LogP contribution in [0.4, 0.5) is 4.39 Å². The second-order valence-corrected chi connectivity index (χ2v) is 8.77. The van der Waals surface area contributed by atoms with Gasteiger partial charge >= 0.3 is 0 Å². The van der Waals surface area contributed by atoms with Gasteiger partial charge in [-0.05, 0) is 29.8 Å². The summed E-state index contributed by atoms with van der Waals surface area (Å²) in [5.74, 6) is -0.630. The average Bonchev–Trinajstić information content (AvgIpc) is 3.17. The molecule has 0 spiro atoms. The normalized spacial score (nSPS) is 11.6. The van der Waals surface area contributed by atoms with Crippen LogP contribution in [0.1, 0.15) is 42.5 Å². The largest absolute Gasteiger partial charge is 0.347 e. The Morgan fingerprint density at radius 3 is 2.48 bits per heavy atom. The molecule has 0 aliphatic rings. The van der Waals surface area contributed by atoms with Gasteiger partial charge in [-0.2, -0.15) is 5.10 Å². The van der Waals surface area contributed by atoms with Crippen LogP contribution in [0, 0.1) is 5.82 Å². The van der Waals surface area contributed by atoms with Gasteiger partial charge in [-0.25, -0.2) is 13.9 Å². The summed E-state index contributed by atoms with van der Waals surface area (Å²) in [6.45, 7) is 6.42. The second-order valence-electron chi connectivity index (χ2n) is 8.37. The van der Waals surface area contributed by atoms with Gasteiger partial charge in [-0.1, -0.05) is 62.7 Å². The van der Waals surface area contributed by atoms with Gasteiger partial charge in [0.1, 0.15) is 11.5 Å². The molecule has 0 saturated heterocycles. The molecule has 0 saturated carbocycles. The van der Waals surface area contributed by atoms with Crippen molar-refractivity contribution < 1.29 is 9.18 Å². The number of rotatable bonds is 4. The summed E-state index contributed by atoms with van der Waals surface area (Å²) < 4.78 is 14.7. The highest BCUT2D eigenvalue weighted by atomic mass is 35.5. The summed E-state index contributed by atoms with van der Waals surface area (Å²) in [6, 6.07) is 16.9. The molecule has 0 bridgehead atoms.